The predicted molar refractivity (Wildman–Crippen MR) is 71.6 cm³/mol. The molecule has 1 saturated carbocycles. The van der Waals surface area contributed by atoms with Gasteiger partial charge >= 0.3 is 0 Å². The Labute approximate surface area is 113 Å². The molecule has 1 fully saturated rings. The lowest BCUT2D eigenvalue weighted by atomic mass is 9.94. The van der Waals surface area contributed by atoms with Crippen LogP contribution in [0.1, 0.15) is 37.4 Å². The van der Waals surface area contributed by atoms with E-state index in [9.17, 15) is 9.59 Å². The van der Waals surface area contributed by atoms with Gasteiger partial charge in [0.05, 0.1) is 0 Å². The number of hydrogen-bond acceptors (Lipinski definition) is 3. The summed E-state index contributed by atoms with van der Waals surface area (Å²) in [5.74, 6) is 0.157. The number of carbonyl (C=O) groups is 2. The number of rotatable bonds is 4. The molecule has 1 unspecified atom stereocenters. The van der Waals surface area contributed by atoms with Crippen LogP contribution in [0.3, 0.4) is 0 Å². The Kier molecular flexibility index (Phi) is 4.68. The Morgan fingerprint density at radius 2 is 1.89 bits per heavy atom. The fourth-order valence-electron chi connectivity index (χ4n) is 2.38. The molecule has 1 aromatic carbocycles. The molecule has 4 nitrogen and oxygen atoms in total. The number of methoxy groups -OCH3 is 1. The predicted octanol–water partition coefficient (Wildman–Crippen LogP) is 2.00. The average Bonchev–Trinajstić information content (AvgIpc) is 2.43. The Morgan fingerprint density at radius 1 is 1.26 bits per heavy atom. The maximum atomic E-state index is 12.2. The van der Waals surface area contributed by atoms with Crippen LogP contribution in [-0.2, 0) is 14.3 Å². The lowest BCUT2D eigenvalue weighted by Gasteiger charge is -2.24. The molecule has 0 heterocycles. The van der Waals surface area contributed by atoms with Crippen LogP contribution in [0, 0.1) is 0 Å². The summed E-state index contributed by atoms with van der Waals surface area (Å²) in [6, 6.07) is 9.51. The number of ketones is 1. The van der Waals surface area contributed by atoms with E-state index >= 15 is 0 Å². The van der Waals surface area contributed by atoms with Crippen LogP contribution in [0.25, 0.3) is 0 Å². The van der Waals surface area contributed by atoms with Crippen LogP contribution in [0.15, 0.2) is 30.3 Å². The van der Waals surface area contributed by atoms with Gasteiger partial charge < -0.3 is 10.1 Å². The number of amides is 1. The lowest BCUT2D eigenvalue weighted by molar-refractivity contribution is -0.133. The van der Waals surface area contributed by atoms with E-state index in [0.29, 0.717) is 12.8 Å². The highest BCUT2D eigenvalue weighted by atomic mass is 16.5. The molecule has 1 amide bonds. The zero-order chi connectivity index (χ0) is 13.7. The van der Waals surface area contributed by atoms with E-state index in [4.69, 9.17) is 4.74 Å². The number of hydrogen-bond donors (Lipinski definition) is 1. The van der Waals surface area contributed by atoms with Crippen LogP contribution in [-0.4, -0.2) is 24.8 Å². The van der Waals surface area contributed by atoms with Crippen molar-refractivity contribution in [2.24, 2.45) is 0 Å². The Balaban J connectivity index is 1.96. The first-order valence-corrected chi connectivity index (χ1v) is 6.60. The van der Waals surface area contributed by atoms with Crippen molar-refractivity contribution < 1.29 is 14.3 Å². The van der Waals surface area contributed by atoms with Gasteiger partial charge in [-0.15, -0.1) is 0 Å². The molecule has 102 valence electrons. The van der Waals surface area contributed by atoms with Crippen LogP contribution >= 0.6 is 0 Å². The molecular weight excluding hydrogens is 242 g/mol. The molecule has 1 atom stereocenters. The van der Waals surface area contributed by atoms with Gasteiger partial charge in [-0.2, -0.15) is 0 Å². The topological polar surface area (TPSA) is 55.4 Å². The van der Waals surface area contributed by atoms with Crippen LogP contribution in [0.4, 0.5) is 0 Å². The highest BCUT2D eigenvalue weighted by Crippen LogP contribution is 2.19. The van der Waals surface area contributed by atoms with Crippen molar-refractivity contribution in [1.29, 1.82) is 0 Å². The molecule has 0 aromatic heterocycles. The number of carbonyl (C=O) groups excluding carboxylic acids is 2. The summed E-state index contributed by atoms with van der Waals surface area (Å²) in [4.78, 5) is 23.4. The molecule has 1 aliphatic carbocycles. The van der Waals surface area contributed by atoms with Gasteiger partial charge in [0.1, 0.15) is 5.78 Å². The summed E-state index contributed by atoms with van der Waals surface area (Å²) >= 11 is 0. The van der Waals surface area contributed by atoms with Gasteiger partial charge in [0, 0.05) is 26.0 Å². The van der Waals surface area contributed by atoms with E-state index in [1.165, 1.54) is 7.11 Å². The van der Waals surface area contributed by atoms with E-state index in [1.54, 1.807) is 0 Å². The summed E-state index contributed by atoms with van der Waals surface area (Å²) in [6.45, 7) is 0. The fraction of sp³-hybridized carbons (Fsp3) is 0.467. The summed E-state index contributed by atoms with van der Waals surface area (Å²) in [7, 11) is 1.53. The average molecular weight is 261 g/mol. The lowest BCUT2D eigenvalue weighted by Crippen LogP contribution is -2.40. The first kappa shape index (κ1) is 13.7. The molecule has 0 saturated heterocycles. The minimum absolute atomic E-state index is 0.0894. The molecule has 1 aromatic rings. The van der Waals surface area contributed by atoms with Crippen molar-refractivity contribution in [3.05, 3.63) is 35.9 Å². The monoisotopic (exact) mass is 261 g/mol. The molecule has 2 rings (SSSR count). The molecule has 19 heavy (non-hydrogen) atoms. The number of ether oxygens (including phenoxy) is 1. The molecular formula is C15H19NO3. The number of nitrogens with one attached hydrogen (secondary N) is 1. The van der Waals surface area contributed by atoms with Gasteiger partial charge in [-0.25, -0.2) is 0 Å². The molecule has 0 radical (unpaired) electrons. The number of benzene rings is 1. The summed E-state index contributed by atoms with van der Waals surface area (Å²) < 4.78 is 5.28. The SMILES string of the molecule is COC(C(=O)NC1CCC(=O)CC1)c1ccccc1. The fourth-order valence-corrected chi connectivity index (χ4v) is 2.38. The van der Waals surface area contributed by atoms with Crippen LogP contribution in [0.2, 0.25) is 0 Å². The van der Waals surface area contributed by atoms with Crippen molar-refractivity contribution in [3.63, 3.8) is 0 Å². The van der Waals surface area contributed by atoms with Gasteiger partial charge in [-0.3, -0.25) is 9.59 Å². The third-order valence-corrected chi connectivity index (χ3v) is 3.47. The van der Waals surface area contributed by atoms with E-state index in [1.807, 2.05) is 30.3 Å². The Bertz CT molecular complexity index is 434. The van der Waals surface area contributed by atoms with Gasteiger partial charge in [-0.1, -0.05) is 30.3 Å². The van der Waals surface area contributed by atoms with E-state index in [2.05, 4.69) is 5.32 Å². The van der Waals surface area contributed by atoms with E-state index < -0.39 is 6.10 Å². The quantitative estimate of drug-likeness (QED) is 0.902. The summed E-state index contributed by atoms with van der Waals surface area (Å²) in [5.41, 5.74) is 0.842. The third kappa shape index (κ3) is 3.64. The van der Waals surface area contributed by atoms with Crippen LogP contribution < -0.4 is 5.32 Å². The van der Waals surface area contributed by atoms with Gasteiger partial charge in [0.2, 0.25) is 0 Å². The maximum Gasteiger partial charge on any atom is 0.253 e. The Hall–Kier alpha value is -1.68. The first-order chi connectivity index (χ1) is 9.20. The highest BCUT2D eigenvalue weighted by Gasteiger charge is 2.25. The second-order valence-electron chi connectivity index (χ2n) is 4.85. The Morgan fingerprint density at radius 3 is 2.47 bits per heavy atom. The summed E-state index contributed by atoms with van der Waals surface area (Å²) in [5, 5.41) is 2.97. The second kappa shape index (κ2) is 6.48. The van der Waals surface area contributed by atoms with Crippen molar-refractivity contribution in [1.82, 2.24) is 5.32 Å². The maximum absolute atomic E-state index is 12.2. The van der Waals surface area contributed by atoms with Gasteiger partial charge in [0.25, 0.3) is 5.91 Å². The molecule has 0 spiro atoms. The minimum Gasteiger partial charge on any atom is -0.367 e. The number of Topliss-reactive ketones (excluding diaryl/α,β-unsaturated/α-hetero) is 1. The highest BCUT2D eigenvalue weighted by molar-refractivity contribution is 5.83. The van der Waals surface area contributed by atoms with E-state index in [-0.39, 0.29) is 17.7 Å². The standard InChI is InChI=1S/C15H19NO3/c1-19-14(11-5-3-2-4-6-11)15(18)16-12-7-9-13(17)10-8-12/h2-6,12,14H,7-10H2,1H3,(H,16,18). The normalized spacial score (nSPS) is 18.1. The molecule has 4 heteroatoms. The minimum atomic E-state index is -0.584. The summed E-state index contributed by atoms with van der Waals surface area (Å²) in [6.07, 6.45) is 2.01. The van der Waals surface area contributed by atoms with Crippen molar-refractivity contribution >= 4 is 11.7 Å². The largest absolute Gasteiger partial charge is 0.367 e. The molecule has 0 bridgehead atoms. The zero-order valence-corrected chi connectivity index (χ0v) is 11.1. The smallest absolute Gasteiger partial charge is 0.253 e. The molecule has 1 aliphatic rings. The van der Waals surface area contributed by atoms with Crippen molar-refractivity contribution in [3.8, 4) is 0 Å². The van der Waals surface area contributed by atoms with Crippen molar-refractivity contribution in [2.45, 2.75) is 37.8 Å². The van der Waals surface area contributed by atoms with Gasteiger partial charge in [-0.05, 0) is 18.4 Å². The molecule has 0 aliphatic heterocycles. The molecule has 1 N–H and O–H groups in total. The van der Waals surface area contributed by atoms with Crippen molar-refractivity contribution in [2.75, 3.05) is 7.11 Å². The van der Waals surface area contributed by atoms with Crippen LogP contribution in [0.5, 0.6) is 0 Å². The van der Waals surface area contributed by atoms with E-state index in [0.717, 1.165) is 18.4 Å². The van der Waals surface area contributed by atoms with Gasteiger partial charge in [0.15, 0.2) is 6.10 Å². The second-order valence-corrected chi connectivity index (χ2v) is 4.85. The first-order valence-electron chi connectivity index (χ1n) is 6.60. The third-order valence-electron chi connectivity index (χ3n) is 3.47. The zero-order valence-electron chi connectivity index (χ0n) is 11.1.